The first kappa shape index (κ1) is 15.4. The van der Waals surface area contributed by atoms with E-state index in [-0.39, 0.29) is 17.1 Å². The van der Waals surface area contributed by atoms with E-state index in [1.807, 2.05) is 31.2 Å². The number of para-hydroxylation sites is 1. The number of rotatable bonds is 3. The van der Waals surface area contributed by atoms with Crippen LogP contribution in [0.2, 0.25) is 0 Å². The van der Waals surface area contributed by atoms with E-state index < -0.39 is 6.04 Å². The average Bonchev–Trinajstić information content (AvgIpc) is 2.94. The number of hydrogen-bond acceptors (Lipinski definition) is 4. The van der Waals surface area contributed by atoms with Gasteiger partial charge in [0.15, 0.2) is 5.43 Å². The third-order valence-electron chi connectivity index (χ3n) is 4.62. The van der Waals surface area contributed by atoms with E-state index in [9.17, 15) is 9.59 Å². The third-order valence-corrected chi connectivity index (χ3v) is 4.62. The van der Waals surface area contributed by atoms with Gasteiger partial charge in [-0.3, -0.25) is 9.59 Å². The minimum Gasteiger partial charge on any atom is -0.497 e. The first-order chi connectivity index (χ1) is 12.2. The fraction of sp³-hybridized carbons (Fsp3) is 0.200. The molecule has 1 aliphatic rings. The number of nitrogens with zero attached hydrogens (tertiary/aromatic N) is 1. The predicted octanol–water partition coefficient (Wildman–Crippen LogP) is 3.37. The first-order valence-electron chi connectivity index (χ1n) is 8.16. The van der Waals surface area contributed by atoms with Crippen LogP contribution in [0.15, 0.2) is 57.7 Å². The van der Waals surface area contributed by atoms with E-state index in [0.29, 0.717) is 28.8 Å². The molecule has 0 fully saturated rings. The highest BCUT2D eigenvalue weighted by Crippen LogP contribution is 2.38. The monoisotopic (exact) mass is 335 g/mol. The fourth-order valence-corrected chi connectivity index (χ4v) is 3.45. The van der Waals surface area contributed by atoms with E-state index in [1.54, 1.807) is 36.3 Å². The molecule has 0 spiro atoms. The van der Waals surface area contributed by atoms with Crippen molar-refractivity contribution in [2.45, 2.75) is 13.0 Å². The fourth-order valence-electron chi connectivity index (χ4n) is 3.45. The second kappa shape index (κ2) is 5.77. The van der Waals surface area contributed by atoms with Crippen LogP contribution in [-0.4, -0.2) is 24.5 Å². The van der Waals surface area contributed by atoms with Gasteiger partial charge in [-0.2, -0.15) is 0 Å². The van der Waals surface area contributed by atoms with E-state index in [1.165, 1.54) is 0 Å². The number of methoxy groups -OCH3 is 1. The molecule has 1 aliphatic heterocycles. The molecule has 2 aromatic carbocycles. The number of fused-ring (bicyclic) bond motifs is 2. The molecule has 0 bridgehead atoms. The summed E-state index contributed by atoms with van der Waals surface area (Å²) in [6.07, 6.45) is 0. The van der Waals surface area contributed by atoms with Crippen LogP contribution in [0, 0.1) is 0 Å². The van der Waals surface area contributed by atoms with Gasteiger partial charge in [0.2, 0.25) is 5.76 Å². The number of carbonyl (C=O) groups excluding carboxylic acids is 1. The van der Waals surface area contributed by atoms with Crippen LogP contribution in [0.3, 0.4) is 0 Å². The molecule has 126 valence electrons. The predicted molar refractivity (Wildman–Crippen MR) is 94.0 cm³/mol. The number of amides is 1. The summed E-state index contributed by atoms with van der Waals surface area (Å²) in [6, 6.07) is 14.0. The maximum Gasteiger partial charge on any atom is 0.290 e. The van der Waals surface area contributed by atoms with Gasteiger partial charge in [-0.15, -0.1) is 0 Å². The van der Waals surface area contributed by atoms with Crippen molar-refractivity contribution in [1.82, 2.24) is 4.90 Å². The Morgan fingerprint density at radius 1 is 1.12 bits per heavy atom. The van der Waals surface area contributed by atoms with Gasteiger partial charge in [-0.1, -0.05) is 24.3 Å². The van der Waals surface area contributed by atoms with Gasteiger partial charge in [0, 0.05) is 6.54 Å². The van der Waals surface area contributed by atoms with Crippen molar-refractivity contribution in [3.63, 3.8) is 0 Å². The SMILES string of the molecule is CCN1C(=O)c2oc3ccccc3c(=O)c2[C@H]1c1cccc(OC)c1. The summed E-state index contributed by atoms with van der Waals surface area (Å²) in [4.78, 5) is 27.6. The molecule has 5 nitrogen and oxygen atoms in total. The molecule has 0 saturated heterocycles. The average molecular weight is 335 g/mol. The van der Waals surface area contributed by atoms with Gasteiger partial charge in [-0.05, 0) is 36.8 Å². The van der Waals surface area contributed by atoms with E-state index >= 15 is 0 Å². The molecule has 2 heterocycles. The molecule has 0 saturated carbocycles. The summed E-state index contributed by atoms with van der Waals surface area (Å²) in [5, 5.41) is 0.486. The van der Waals surface area contributed by atoms with Crippen molar-refractivity contribution >= 4 is 16.9 Å². The summed E-state index contributed by atoms with van der Waals surface area (Å²) in [5.41, 5.74) is 1.51. The topological polar surface area (TPSA) is 59.8 Å². The Balaban J connectivity index is 2.02. The lowest BCUT2D eigenvalue weighted by atomic mass is 9.98. The highest BCUT2D eigenvalue weighted by Gasteiger charge is 2.41. The summed E-state index contributed by atoms with van der Waals surface area (Å²) in [5.74, 6) is 0.561. The van der Waals surface area contributed by atoms with E-state index in [2.05, 4.69) is 0 Å². The Bertz CT molecular complexity index is 1040. The molecule has 0 unspecified atom stereocenters. The zero-order chi connectivity index (χ0) is 17.6. The second-order valence-electron chi connectivity index (χ2n) is 5.94. The lowest BCUT2D eigenvalue weighted by Gasteiger charge is -2.23. The molecule has 5 heteroatoms. The molecule has 25 heavy (non-hydrogen) atoms. The van der Waals surface area contributed by atoms with Crippen LogP contribution < -0.4 is 10.2 Å². The minimum atomic E-state index is -0.469. The maximum absolute atomic E-state index is 13.1. The van der Waals surface area contributed by atoms with Gasteiger partial charge >= 0.3 is 0 Å². The number of ether oxygens (including phenoxy) is 1. The Kier molecular flexibility index (Phi) is 3.57. The standard InChI is InChI=1S/C20H17NO4/c1-3-21-17(12-7-6-8-13(11-12)24-2)16-18(22)14-9-4-5-10-15(14)25-19(16)20(21)23/h4-11,17H,3H2,1-2H3/t17-/m1/s1. The third kappa shape index (κ3) is 2.23. The Morgan fingerprint density at radius 3 is 2.68 bits per heavy atom. The zero-order valence-corrected chi connectivity index (χ0v) is 14.0. The zero-order valence-electron chi connectivity index (χ0n) is 14.0. The lowest BCUT2D eigenvalue weighted by Crippen LogP contribution is -2.29. The molecule has 3 aromatic rings. The van der Waals surface area contributed by atoms with Crippen molar-refractivity contribution in [3.05, 3.63) is 75.6 Å². The molecule has 0 N–H and O–H groups in total. The molecule has 0 aliphatic carbocycles. The Labute approximate surface area is 144 Å². The van der Waals surface area contributed by atoms with Crippen LogP contribution in [-0.2, 0) is 0 Å². The summed E-state index contributed by atoms with van der Waals surface area (Å²) in [6.45, 7) is 2.36. The summed E-state index contributed by atoms with van der Waals surface area (Å²) in [7, 11) is 1.59. The molecule has 0 radical (unpaired) electrons. The lowest BCUT2D eigenvalue weighted by molar-refractivity contribution is 0.0737. The smallest absolute Gasteiger partial charge is 0.290 e. The van der Waals surface area contributed by atoms with E-state index in [4.69, 9.17) is 9.15 Å². The highest BCUT2D eigenvalue weighted by atomic mass is 16.5. The number of hydrogen-bond donors (Lipinski definition) is 0. The van der Waals surface area contributed by atoms with Crippen molar-refractivity contribution in [1.29, 1.82) is 0 Å². The van der Waals surface area contributed by atoms with Crippen LogP contribution in [0.25, 0.3) is 11.0 Å². The van der Waals surface area contributed by atoms with E-state index in [0.717, 1.165) is 5.56 Å². The molecular weight excluding hydrogens is 318 g/mol. The molecule has 4 rings (SSSR count). The van der Waals surface area contributed by atoms with Crippen LogP contribution in [0.4, 0.5) is 0 Å². The Hall–Kier alpha value is -3.08. The van der Waals surface area contributed by atoms with Crippen LogP contribution in [0.1, 0.15) is 34.6 Å². The summed E-state index contributed by atoms with van der Waals surface area (Å²) < 4.78 is 11.1. The van der Waals surface area contributed by atoms with Crippen molar-refractivity contribution in [2.24, 2.45) is 0 Å². The van der Waals surface area contributed by atoms with Gasteiger partial charge in [0.05, 0.1) is 24.1 Å². The van der Waals surface area contributed by atoms with Crippen molar-refractivity contribution < 1.29 is 13.9 Å². The van der Waals surface area contributed by atoms with Gasteiger partial charge < -0.3 is 14.1 Å². The highest BCUT2D eigenvalue weighted by molar-refractivity contribution is 5.99. The first-order valence-corrected chi connectivity index (χ1v) is 8.16. The van der Waals surface area contributed by atoms with Crippen LogP contribution >= 0.6 is 0 Å². The largest absolute Gasteiger partial charge is 0.497 e. The second-order valence-corrected chi connectivity index (χ2v) is 5.94. The molecule has 1 amide bonds. The number of carbonyl (C=O) groups is 1. The van der Waals surface area contributed by atoms with Gasteiger partial charge in [0.25, 0.3) is 5.91 Å². The molecule has 1 aromatic heterocycles. The molecular formula is C20H17NO4. The Morgan fingerprint density at radius 2 is 1.92 bits per heavy atom. The minimum absolute atomic E-state index is 0.137. The number of benzene rings is 2. The van der Waals surface area contributed by atoms with Crippen molar-refractivity contribution in [3.8, 4) is 5.75 Å². The van der Waals surface area contributed by atoms with Gasteiger partial charge in [-0.25, -0.2) is 0 Å². The van der Waals surface area contributed by atoms with Crippen molar-refractivity contribution in [2.75, 3.05) is 13.7 Å². The summed E-state index contributed by atoms with van der Waals surface area (Å²) >= 11 is 0. The quantitative estimate of drug-likeness (QED) is 0.736. The van der Waals surface area contributed by atoms with Gasteiger partial charge in [0.1, 0.15) is 11.3 Å². The van der Waals surface area contributed by atoms with Crippen LogP contribution in [0.5, 0.6) is 5.75 Å². The maximum atomic E-state index is 13.1. The normalized spacial score (nSPS) is 16.3. The molecule has 1 atom stereocenters.